The lowest BCUT2D eigenvalue weighted by molar-refractivity contribution is -0.273. The molecule has 1 aromatic carbocycles. The van der Waals surface area contributed by atoms with Crippen LogP contribution in [0.25, 0.3) is 0 Å². The number of rotatable bonds is 11. The molecule has 8 nitrogen and oxygen atoms in total. The van der Waals surface area contributed by atoms with E-state index in [9.17, 15) is 19.8 Å². The fourth-order valence-electron chi connectivity index (χ4n) is 3.32. The van der Waals surface area contributed by atoms with E-state index >= 15 is 0 Å². The highest BCUT2D eigenvalue weighted by Crippen LogP contribution is 2.23. The summed E-state index contributed by atoms with van der Waals surface area (Å²) >= 11 is 0. The van der Waals surface area contributed by atoms with Gasteiger partial charge < -0.3 is 29.7 Å². The smallest absolute Gasteiger partial charge is 0.306 e. The van der Waals surface area contributed by atoms with Crippen LogP contribution in [0.4, 0.5) is 0 Å². The summed E-state index contributed by atoms with van der Waals surface area (Å²) < 4.78 is 16.9. The number of carbonyl (C=O) groups excluding carboxylic acids is 2. The quantitative estimate of drug-likeness (QED) is 0.455. The molecule has 0 bridgehead atoms. The molecule has 2 unspecified atom stereocenters. The molecule has 8 heteroatoms. The molecule has 3 N–H and O–H groups in total. The lowest BCUT2D eigenvalue weighted by atomic mass is 10.0. The van der Waals surface area contributed by atoms with Gasteiger partial charge >= 0.3 is 5.97 Å². The second kappa shape index (κ2) is 12.8. The lowest BCUT2D eigenvalue weighted by Crippen LogP contribution is -2.48. The Hall–Kier alpha value is -2.00. The van der Waals surface area contributed by atoms with E-state index in [0.29, 0.717) is 12.8 Å². The maximum atomic E-state index is 12.4. The Morgan fingerprint density at radius 2 is 1.90 bits per heavy atom. The van der Waals surface area contributed by atoms with Crippen LogP contribution in [0.3, 0.4) is 0 Å². The van der Waals surface area contributed by atoms with Crippen LogP contribution in [-0.4, -0.2) is 59.3 Å². The maximum absolute atomic E-state index is 12.4. The third kappa shape index (κ3) is 8.57. The fraction of sp³-hybridized carbons (Fsp3) is 0.652. The Kier molecular flexibility index (Phi) is 10.4. The zero-order valence-electron chi connectivity index (χ0n) is 18.5. The zero-order valence-corrected chi connectivity index (χ0v) is 18.5. The number of esters is 1. The van der Waals surface area contributed by atoms with Crippen molar-refractivity contribution in [3.05, 3.63) is 35.9 Å². The standard InChI is InChI=1S/C23H35NO7/c1-4-8-21(27)24-14-20(17-9-6-5-7-10-17)31-22(28)12-11-15(2)29-23-19(26)13-18(25)16(3)30-23/h5-7,9-10,15-16,18-20,23,25-26H,4,8,11-14H2,1-3H3,(H,24,27)/t15-,16?,18-,19?,20+,23-/m1/s1. The summed E-state index contributed by atoms with van der Waals surface area (Å²) in [7, 11) is 0. The van der Waals surface area contributed by atoms with E-state index in [1.54, 1.807) is 13.8 Å². The van der Waals surface area contributed by atoms with Crippen LogP contribution >= 0.6 is 0 Å². The molecule has 1 saturated heterocycles. The summed E-state index contributed by atoms with van der Waals surface area (Å²) in [5, 5.41) is 22.6. The minimum Gasteiger partial charge on any atom is -0.456 e. The number of hydrogen-bond donors (Lipinski definition) is 3. The highest BCUT2D eigenvalue weighted by atomic mass is 16.7. The van der Waals surface area contributed by atoms with Gasteiger partial charge in [0, 0.05) is 19.3 Å². The maximum Gasteiger partial charge on any atom is 0.306 e. The third-order valence-corrected chi connectivity index (χ3v) is 5.22. The van der Waals surface area contributed by atoms with E-state index in [2.05, 4.69) is 5.32 Å². The summed E-state index contributed by atoms with van der Waals surface area (Å²) in [6.45, 7) is 5.65. The summed E-state index contributed by atoms with van der Waals surface area (Å²) in [6.07, 6.45) is -1.99. The van der Waals surface area contributed by atoms with Crippen molar-refractivity contribution in [2.45, 2.75) is 89.7 Å². The number of aliphatic hydroxyl groups excluding tert-OH is 2. The fourth-order valence-corrected chi connectivity index (χ4v) is 3.32. The van der Waals surface area contributed by atoms with Gasteiger partial charge in [0.15, 0.2) is 6.29 Å². The van der Waals surface area contributed by atoms with E-state index in [0.717, 1.165) is 12.0 Å². The van der Waals surface area contributed by atoms with Crippen molar-refractivity contribution < 1.29 is 34.0 Å². The van der Waals surface area contributed by atoms with Crippen molar-refractivity contribution in [1.82, 2.24) is 5.32 Å². The van der Waals surface area contributed by atoms with Gasteiger partial charge in [-0.2, -0.15) is 0 Å². The van der Waals surface area contributed by atoms with Gasteiger partial charge in [0.25, 0.3) is 0 Å². The average molecular weight is 438 g/mol. The van der Waals surface area contributed by atoms with Crippen molar-refractivity contribution in [1.29, 1.82) is 0 Å². The molecule has 0 aromatic heterocycles. The number of benzene rings is 1. The van der Waals surface area contributed by atoms with Gasteiger partial charge in [0.1, 0.15) is 12.2 Å². The molecule has 0 spiro atoms. The number of amides is 1. The Bertz CT molecular complexity index is 684. The van der Waals surface area contributed by atoms with Crippen molar-refractivity contribution in [2.24, 2.45) is 0 Å². The van der Waals surface area contributed by atoms with E-state index < -0.39 is 36.7 Å². The molecule has 1 heterocycles. The first kappa shape index (κ1) is 25.3. The first-order valence-electron chi connectivity index (χ1n) is 11.0. The molecule has 1 amide bonds. The van der Waals surface area contributed by atoms with E-state index in [1.165, 1.54) is 0 Å². The van der Waals surface area contributed by atoms with E-state index in [-0.39, 0.29) is 31.4 Å². The number of nitrogens with one attached hydrogen (secondary N) is 1. The van der Waals surface area contributed by atoms with Crippen LogP contribution in [-0.2, 0) is 23.8 Å². The highest BCUT2D eigenvalue weighted by molar-refractivity contribution is 5.76. The largest absolute Gasteiger partial charge is 0.456 e. The Labute approximate surface area is 183 Å². The van der Waals surface area contributed by atoms with Crippen LogP contribution in [0, 0.1) is 0 Å². The van der Waals surface area contributed by atoms with Crippen LogP contribution in [0.15, 0.2) is 30.3 Å². The van der Waals surface area contributed by atoms with Crippen LogP contribution in [0.1, 0.15) is 64.5 Å². The molecule has 0 aliphatic carbocycles. The Morgan fingerprint density at radius 3 is 2.58 bits per heavy atom. The molecule has 31 heavy (non-hydrogen) atoms. The predicted molar refractivity (Wildman–Crippen MR) is 114 cm³/mol. The van der Waals surface area contributed by atoms with Gasteiger partial charge in [-0.25, -0.2) is 0 Å². The number of ether oxygens (including phenoxy) is 3. The van der Waals surface area contributed by atoms with Gasteiger partial charge in [-0.05, 0) is 32.3 Å². The monoisotopic (exact) mass is 437 g/mol. The molecular weight excluding hydrogens is 402 g/mol. The third-order valence-electron chi connectivity index (χ3n) is 5.22. The normalized spacial score (nSPS) is 25.5. The Morgan fingerprint density at radius 1 is 1.19 bits per heavy atom. The van der Waals surface area contributed by atoms with Crippen LogP contribution < -0.4 is 5.32 Å². The molecule has 1 fully saturated rings. The van der Waals surface area contributed by atoms with Gasteiger partial charge in [-0.3, -0.25) is 9.59 Å². The summed E-state index contributed by atoms with van der Waals surface area (Å²) in [4.78, 5) is 24.3. The first-order valence-corrected chi connectivity index (χ1v) is 11.0. The van der Waals surface area contributed by atoms with Crippen molar-refractivity contribution in [3.63, 3.8) is 0 Å². The molecule has 6 atom stereocenters. The van der Waals surface area contributed by atoms with Crippen molar-refractivity contribution in [2.75, 3.05) is 6.54 Å². The first-order chi connectivity index (χ1) is 14.8. The predicted octanol–water partition coefficient (Wildman–Crippen LogP) is 2.23. The van der Waals surface area contributed by atoms with Gasteiger partial charge in [0.2, 0.25) is 5.91 Å². The van der Waals surface area contributed by atoms with Gasteiger partial charge in [-0.15, -0.1) is 0 Å². The zero-order chi connectivity index (χ0) is 22.8. The number of hydrogen-bond acceptors (Lipinski definition) is 7. The molecule has 1 aliphatic rings. The minimum absolute atomic E-state index is 0.0770. The second-order valence-corrected chi connectivity index (χ2v) is 8.01. The molecule has 0 radical (unpaired) electrons. The van der Waals surface area contributed by atoms with Crippen molar-refractivity contribution >= 4 is 11.9 Å². The van der Waals surface area contributed by atoms with Crippen LogP contribution in [0.5, 0.6) is 0 Å². The molecule has 2 rings (SSSR count). The lowest BCUT2D eigenvalue weighted by Gasteiger charge is -2.36. The SMILES string of the molecule is CCCC(=O)NC[C@H](OC(=O)CC[C@@H](C)O[C@@H]1OC(C)[C@H](O)CC1O)c1ccccc1. The minimum atomic E-state index is -0.921. The molecular formula is C23H35NO7. The highest BCUT2D eigenvalue weighted by Gasteiger charge is 2.35. The Balaban J connectivity index is 1.83. The molecule has 1 aromatic rings. The van der Waals surface area contributed by atoms with Gasteiger partial charge in [-0.1, -0.05) is 37.3 Å². The molecule has 1 aliphatic heterocycles. The summed E-state index contributed by atoms with van der Waals surface area (Å²) in [5.41, 5.74) is 0.809. The van der Waals surface area contributed by atoms with E-state index in [4.69, 9.17) is 14.2 Å². The summed E-state index contributed by atoms with van der Waals surface area (Å²) in [5.74, 6) is -0.477. The number of aliphatic hydroxyl groups is 2. The number of carbonyl (C=O) groups is 2. The molecule has 174 valence electrons. The van der Waals surface area contributed by atoms with Gasteiger partial charge in [0.05, 0.1) is 24.9 Å². The van der Waals surface area contributed by atoms with Crippen LogP contribution in [0.2, 0.25) is 0 Å². The van der Waals surface area contributed by atoms with E-state index in [1.807, 2.05) is 37.3 Å². The second-order valence-electron chi connectivity index (χ2n) is 8.01. The topological polar surface area (TPSA) is 114 Å². The summed E-state index contributed by atoms with van der Waals surface area (Å²) in [6, 6.07) is 9.29. The van der Waals surface area contributed by atoms with Crippen molar-refractivity contribution in [3.8, 4) is 0 Å². The average Bonchev–Trinajstić information content (AvgIpc) is 2.74. The molecule has 0 saturated carbocycles.